The van der Waals surface area contributed by atoms with Crippen LogP contribution in [0.25, 0.3) is 0 Å². The molecule has 5 nitrogen and oxygen atoms in total. The second kappa shape index (κ2) is 9.16. The highest BCUT2D eigenvalue weighted by Gasteiger charge is 2.30. The Morgan fingerprint density at radius 2 is 1.86 bits per heavy atom. The van der Waals surface area contributed by atoms with Gasteiger partial charge in [0.05, 0.1) is 29.2 Å². The zero-order valence-corrected chi connectivity index (χ0v) is 17.2. The summed E-state index contributed by atoms with van der Waals surface area (Å²) >= 11 is 6.28. The average Bonchev–Trinajstić information content (AvgIpc) is 2.84. The van der Waals surface area contributed by atoms with E-state index in [0.29, 0.717) is 36.7 Å². The van der Waals surface area contributed by atoms with Gasteiger partial charge < -0.3 is 19.3 Å². The smallest absolute Gasteiger partial charge is 0.260 e. The first-order valence-electron chi connectivity index (χ1n) is 10.2. The highest BCUT2D eigenvalue weighted by molar-refractivity contribution is 6.31. The monoisotopic (exact) mass is 413 g/mol. The van der Waals surface area contributed by atoms with Gasteiger partial charge in [0, 0.05) is 24.7 Å². The topological polar surface area (TPSA) is 42.0 Å². The zero-order chi connectivity index (χ0) is 20.2. The van der Waals surface area contributed by atoms with E-state index < -0.39 is 0 Å². The fourth-order valence-corrected chi connectivity index (χ4v) is 4.12. The van der Waals surface area contributed by atoms with Crippen LogP contribution >= 0.6 is 11.6 Å². The quantitative estimate of drug-likeness (QED) is 0.652. The van der Waals surface area contributed by atoms with E-state index in [2.05, 4.69) is 11.8 Å². The maximum absolute atomic E-state index is 13.5. The SMILES string of the molecule is [CH2]CCN1c2cc(Cl)ccc2C(=O)N(CCOC2CCCCO2)c2ccccc21. The molecule has 1 saturated heterocycles. The predicted molar refractivity (Wildman–Crippen MR) is 116 cm³/mol. The number of rotatable bonds is 6. The van der Waals surface area contributed by atoms with Crippen molar-refractivity contribution in [1.82, 2.24) is 0 Å². The van der Waals surface area contributed by atoms with Gasteiger partial charge >= 0.3 is 0 Å². The number of halogens is 1. The number of amides is 1. The van der Waals surface area contributed by atoms with Crippen LogP contribution in [0.2, 0.25) is 5.02 Å². The van der Waals surface area contributed by atoms with E-state index in [4.69, 9.17) is 21.1 Å². The minimum atomic E-state index is -0.171. The maximum Gasteiger partial charge on any atom is 0.260 e. The van der Waals surface area contributed by atoms with Gasteiger partial charge in [0.25, 0.3) is 5.91 Å². The van der Waals surface area contributed by atoms with Crippen molar-refractivity contribution in [2.75, 3.05) is 36.1 Å². The number of carbonyl (C=O) groups is 1. The van der Waals surface area contributed by atoms with Crippen molar-refractivity contribution < 1.29 is 14.3 Å². The Kier molecular flexibility index (Phi) is 6.38. The molecule has 1 amide bonds. The molecule has 1 unspecified atom stereocenters. The van der Waals surface area contributed by atoms with Crippen LogP contribution in [0.5, 0.6) is 0 Å². The molecule has 0 spiro atoms. The average molecular weight is 414 g/mol. The van der Waals surface area contributed by atoms with E-state index in [1.807, 2.05) is 30.3 Å². The molecule has 2 aromatic rings. The van der Waals surface area contributed by atoms with E-state index >= 15 is 0 Å². The highest BCUT2D eigenvalue weighted by atomic mass is 35.5. The summed E-state index contributed by atoms with van der Waals surface area (Å²) in [5, 5.41) is 0.606. The van der Waals surface area contributed by atoms with Crippen LogP contribution < -0.4 is 9.80 Å². The molecule has 153 valence electrons. The number of para-hydroxylation sites is 2. The van der Waals surface area contributed by atoms with Gasteiger partial charge in [-0.15, -0.1) is 0 Å². The molecule has 1 radical (unpaired) electrons. The lowest BCUT2D eigenvalue weighted by Gasteiger charge is -2.28. The molecule has 2 heterocycles. The third-order valence-corrected chi connectivity index (χ3v) is 5.56. The van der Waals surface area contributed by atoms with Crippen LogP contribution in [0.4, 0.5) is 17.1 Å². The third kappa shape index (κ3) is 4.27. The molecule has 1 atom stereocenters. The van der Waals surface area contributed by atoms with E-state index in [1.165, 1.54) is 0 Å². The Bertz CT molecular complexity index is 867. The lowest BCUT2D eigenvalue weighted by atomic mass is 10.1. The molecular formula is C23H26ClN2O3. The van der Waals surface area contributed by atoms with Crippen LogP contribution in [-0.4, -0.2) is 38.5 Å². The van der Waals surface area contributed by atoms with Crippen molar-refractivity contribution in [3.63, 3.8) is 0 Å². The molecule has 0 N–H and O–H groups in total. The number of anilines is 3. The first-order chi connectivity index (χ1) is 14.2. The van der Waals surface area contributed by atoms with Crippen LogP contribution in [0.3, 0.4) is 0 Å². The zero-order valence-electron chi connectivity index (χ0n) is 16.5. The molecule has 2 aliphatic heterocycles. The molecule has 4 rings (SSSR count). The fraction of sp³-hybridized carbons (Fsp3) is 0.391. The summed E-state index contributed by atoms with van der Waals surface area (Å²) in [7, 11) is 0. The summed E-state index contributed by atoms with van der Waals surface area (Å²) in [6.45, 7) is 6.32. The number of fused-ring (bicyclic) bond motifs is 2. The number of benzene rings is 2. The van der Waals surface area contributed by atoms with Crippen LogP contribution in [0.15, 0.2) is 42.5 Å². The fourth-order valence-electron chi connectivity index (χ4n) is 3.95. The molecule has 29 heavy (non-hydrogen) atoms. The Morgan fingerprint density at radius 1 is 1.07 bits per heavy atom. The predicted octanol–water partition coefficient (Wildman–Crippen LogP) is 5.21. The molecule has 0 aromatic heterocycles. The summed E-state index contributed by atoms with van der Waals surface area (Å²) in [5.41, 5.74) is 3.29. The van der Waals surface area contributed by atoms with Gasteiger partial charge in [-0.1, -0.05) is 30.7 Å². The first-order valence-corrected chi connectivity index (χ1v) is 10.6. The molecule has 0 saturated carbocycles. The van der Waals surface area contributed by atoms with Crippen molar-refractivity contribution in [1.29, 1.82) is 0 Å². The Hall–Kier alpha value is -2.08. The first kappa shape index (κ1) is 20.2. The van der Waals surface area contributed by atoms with Gasteiger partial charge in [0.1, 0.15) is 0 Å². The third-order valence-electron chi connectivity index (χ3n) is 5.33. The molecule has 0 aliphatic carbocycles. The van der Waals surface area contributed by atoms with Crippen LogP contribution in [0, 0.1) is 6.92 Å². The summed E-state index contributed by atoms with van der Waals surface area (Å²) in [6, 6.07) is 13.4. The highest BCUT2D eigenvalue weighted by Crippen LogP contribution is 2.41. The number of carbonyl (C=O) groups excluding carboxylic acids is 1. The van der Waals surface area contributed by atoms with Crippen molar-refractivity contribution in [3.8, 4) is 0 Å². The van der Waals surface area contributed by atoms with E-state index in [1.54, 1.807) is 17.0 Å². The normalized spacial score (nSPS) is 19.0. The van der Waals surface area contributed by atoms with Crippen molar-refractivity contribution in [2.45, 2.75) is 32.0 Å². The second-order valence-electron chi connectivity index (χ2n) is 7.28. The number of nitrogens with zero attached hydrogens (tertiary/aromatic N) is 2. The lowest BCUT2D eigenvalue weighted by Crippen LogP contribution is -2.35. The molecule has 0 bridgehead atoms. The van der Waals surface area contributed by atoms with Gasteiger partial charge in [-0.2, -0.15) is 0 Å². The number of hydrogen-bond acceptors (Lipinski definition) is 4. The Morgan fingerprint density at radius 3 is 2.59 bits per heavy atom. The summed E-state index contributed by atoms with van der Waals surface area (Å²) in [4.78, 5) is 17.4. The Balaban J connectivity index is 1.66. The van der Waals surface area contributed by atoms with Crippen molar-refractivity contribution in [3.05, 3.63) is 60.0 Å². The molecular weight excluding hydrogens is 388 g/mol. The molecule has 6 heteroatoms. The number of hydrogen-bond donors (Lipinski definition) is 0. The number of ether oxygens (including phenoxy) is 2. The van der Waals surface area contributed by atoms with Crippen molar-refractivity contribution >= 4 is 34.6 Å². The van der Waals surface area contributed by atoms with Gasteiger partial charge in [0.2, 0.25) is 0 Å². The minimum absolute atomic E-state index is 0.0520. The van der Waals surface area contributed by atoms with E-state index in [9.17, 15) is 4.79 Å². The maximum atomic E-state index is 13.5. The molecule has 2 aliphatic rings. The largest absolute Gasteiger partial charge is 0.353 e. The van der Waals surface area contributed by atoms with Crippen molar-refractivity contribution in [2.24, 2.45) is 0 Å². The Labute approximate surface area is 177 Å². The summed E-state index contributed by atoms with van der Waals surface area (Å²) in [6.07, 6.45) is 3.64. The van der Waals surface area contributed by atoms with E-state index in [-0.39, 0.29) is 12.2 Å². The van der Waals surface area contributed by atoms with Gasteiger partial charge in [-0.05, 0) is 56.0 Å². The summed E-state index contributed by atoms with van der Waals surface area (Å²) in [5.74, 6) is -0.0520. The standard InChI is InChI=1S/C23H26ClN2O3/c1-2-12-25-19-7-3-4-8-20(19)26(13-15-29-22-9-5-6-14-28-22)23(27)18-11-10-17(24)16-21(18)25/h3-4,7-8,10-11,16,22H,1-2,5-6,9,12-15H2. The lowest BCUT2D eigenvalue weighted by molar-refractivity contribution is -0.160. The van der Waals surface area contributed by atoms with E-state index in [0.717, 1.165) is 42.9 Å². The minimum Gasteiger partial charge on any atom is -0.353 e. The molecule has 1 fully saturated rings. The molecule has 2 aromatic carbocycles. The van der Waals surface area contributed by atoms with Gasteiger partial charge in [-0.3, -0.25) is 4.79 Å². The van der Waals surface area contributed by atoms with Crippen LogP contribution in [-0.2, 0) is 9.47 Å². The van der Waals surface area contributed by atoms with Gasteiger partial charge in [0.15, 0.2) is 6.29 Å². The van der Waals surface area contributed by atoms with Gasteiger partial charge in [-0.25, -0.2) is 0 Å². The second-order valence-corrected chi connectivity index (χ2v) is 7.72. The summed E-state index contributed by atoms with van der Waals surface area (Å²) < 4.78 is 11.6. The van der Waals surface area contributed by atoms with Crippen LogP contribution in [0.1, 0.15) is 36.0 Å².